The van der Waals surface area contributed by atoms with Crippen LogP contribution in [0.1, 0.15) is 12.0 Å². The van der Waals surface area contributed by atoms with E-state index in [0.29, 0.717) is 7.27 Å². The number of ether oxygens (including phenoxy) is 1. The minimum absolute atomic E-state index is 0.0810. The molecule has 0 unspecified atom stereocenters. The minimum Gasteiger partial charge on any atom is -0.493 e. The van der Waals surface area contributed by atoms with Gasteiger partial charge in [0, 0.05) is 9.77 Å². The fourth-order valence-corrected chi connectivity index (χ4v) is 2.13. The molecule has 0 saturated carbocycles. The normalized spacial score (nSPS) is 10.6. The third-order valence-electron chi connectivity index (χ3n) is 1.40. The predicted octanol–water partition coefficient (Wildman–Crippen LogP) is 3.24. The first-order valence-electron chi connectivity index (χ1n) is 3.24. The molecule has 0 saturated heterocycles. The van der Waals surface area contributed by atoms with Crippen LogP contribution in [0.4, 0.5) is 8.78 Å². The molecular formula is C7H5F2I2NO. The van der Waals surface area contributed by atoms with Gasteiger partial charge in [-0.05, 0) is 45.2 Å². The zero-order chi connectivity index (χ0) is 10.0. The van der Waals surface area contributed by atoms with Crippen molar-refractivity contribution in [1.29, 1.82) is 0 Å². The Bertz CT molecular complexity index is 320. The number of alkyl halides is 2. The summed E-state index contributed by atoms with van der Waals surface area (Å²) in [7, 11) is 1.36. The van der Waals surface area contributed by atoms with E-state index in [9.17, 15) is 8.78 Å². The largest absolute Gasteiger partial charge is 0.493 e. The summed E-state index contributed by atoms with van der Waals surface area (Å²) in [5.41, 5.74) is -0.0810. The lowest BCUT2D eigenvalue weighted by Crippen LogP contribution is -2.00. The van der Waals surface area contributed by atoms with Crippen LogP contribution in [0.25, 0.3) is 0 Å². The Kier molecular flexibility index (Phi) is 4.07. The SMILES string of the molecule is COc1c(I)ncc(I)c1C(F)F. The highest BCUT2D eigenvalue weighted by molar-refractivity contribution is 14.1. The van der Waals surface area contributed by atoms with Crippen molar-refractivity contribution in [3.8, 4) is 5.75 Å². The van der Waals surface area contributed by atoms with Crippen LogP contribution in [-0.2, 0) is 0 Å². The molecule has 0 amide bonds. The molecule has 0 N–H and O–H groups in total. The number of aromatic nitrogens is 1. The topological polar surface area (TPSA) is 22.1 Å². The average molecular weight is 411 g/mol. The highest BCUT2D eigenvalue weighted by Gasteiger charge is 2.20. The van der Waals surface area contributed by atoms with Crippen molar-refractivity contribution in [1.82, 2.24) is 4.98 Å². The van der Waals surface area contributed by atoms with Crippen LogP contribution in [0, 0.1) is 7.27 Å². The molecule has 6 heteroatoms. The van der Waals surface area contributed by atoms with Gasteiger partial charge in [-0.2, -0.15) is 0 Å². The van der Waals surface area contributed by atoms with E-state index in [0.717, 1.165) is 0 Å². The Morgan fingerprint density at radius 1 is 1.46 bits per heavy atom. The lowest BCUT2D eigenvalue weighted by Gasteiger charge is -2.10. The minimum atomic E-state index is -2.53. The van der Waals surface area contributed by atoms with Gasteiger partial charge < -0.3 is 4.74 Å². The smallest absolute Gasteiger partial charge is 0.268 e. The fraction of sp³-hybridized carbons (Fsp3) is 0.286. The Balaban J connectivity index is 3.35. The fourth-order valence-electron chi connectivity index (χ4n) is 0.859. The molecule has 0 fully saturated rings. The zero-order valence-electron chi connectivity index (χ0n) is 6.52. The van der Waals surface area contributed by atoms with Crippen molar-refractivity contribution in [3.63, 3.8) is 0 Å². The van der Waals surface area contributed by atoms with Crippen molar-refractivity contribution in [2.75, 3.05) is 7.11 Å². The second kappa shape index (κ2) is 4.67. The molecule has 0 bridgehead atoms. The summed E-state index contributed by atoms with van der Waals surface area (Å²) < 4.78 is 30.8. The monoisotopic (exact) mass is 411 g/mol. The molecule has 1 aromatic heterocycles. The lowest BCUT2D eigenvalue weighted by molar-refractivity contribution is 0.145. The van der Waals surface area contributed by atoms with E-state index in [1.54, 1.807) is 0 Å². The first-order valence-corrected chi connectivity index (χ1v) is 5.39. The van der Waals surface area contributed by atoms with E-state index in [1.807, 2.05) is 45.2 Å². The van der Waals surface area contributed by atoms with E-state index in [2.05, 4.69) is 4.98 Å². The maximum absolute atomic E-state index is 12.5. The van der Waals surface area contributed by atoms with Crippen LogP contribution >= 0.6 is 45.2 Å². The summed E-state index contributed by atoms with van der Waals surface area (Å²) in [5.74, 6) is 0.169. The Hall–Kier alpha value is 0.270. The quantitative estimate of drug-likeness (QED) is 0.551. The molecule has 0 aliphatic carbocycles. The van der Waals surface area contributed by atoms with Gasteiger partial charge in [-0.3, -0.25) is 0 Å². The van der Waals surface area contributed by atoms with Gasteiger partial charge in [0.2, 0.25) is 0 Å². The van der Waals surface area contributed by atoms with Gasteiger partial charge in [0.15, 0.2) is 5.75 Å². The van der Waals surface area contributed by atoms with Gasteiger partial charge in [0.25, 0.3) is 6.43 Å². The van der Waals surface area contributed by atoms with Crippen LogP contribution in [0.2, 0.25) is 0 Å². The molecule has 0 radical (unpaired) electrons. The Morgan fingerprint density at radius 2 is 2.08 bits per heavy atom. The van der Waals surface area contributed by atoms with E-state index in [1.165, 1.54) is 13.3 Å². The highest BCUT2D eigenvalue weighted by atomic mass is 127. The molecule has 1 aromatic rings. The van der Waals surface area contributed by atoms with E-state index >= 15 is 0 Å². The molecule has 0 spiro atoms. The Morgan fingerprint density at radius 3 is 2.46 bits per heavy atom. The molecule has 1 rings (SSSR count). The van der Waals surface area contributed by atoms with Crippen LogP contribution in [-0.4, -0.2) is 12.1 Å². The highest BCUT2D eigenvalue weighted by Crippen LogP contribution is 2.34. The standard InChI is InChI=1S/C7H5F2I2NO/c1-13-5-4(6(8)9)3(10)2-12-7(5)11/h2,6H,1H3. The molecule has 0 aliphatic heterocycles. The molecule has 72 valence electrons. The third kappa shape index (κ3) is 2.39. The van der Waals surface area contributed by atoms with E-state index in [4.69, 9.17) is 4.74 Å². The van der Waals surface area contributed by atoms with Gasteiger partial charge in [0.1, 0.15) is 3.70 Å². The molecule has 2 nitrogen and oxygen atoms in total. The second-order valence-electron chi connectivity index (χ2n) is 2.14. The van der Waals surface area contributed by atoms with Crippen molar-refractivity contribution >= 4 is 45.2 Å². The number of methoxy groups -OCH3 is 1. The van der Waals surface area contributed by atoms with Crippen LogP contribution < -0.4 is 4.74 Å². The van der Waals surface area contributed by atoms with Crippen molar-refractivity contribution in [2.24, 2.45) is 0 Å². The summed E-state index contributed by atoms with van der Waals surface area (Å²) in [6, 6.07) is 0. The maximum Gasteiger partial charge on any atom is 0.268 e. The summed E-state index contributed by atoms with van der Waals surface area (Å²) in [4.78, 5) is 3.91. The molecule has 1 heterocycles. The predicted molar refractivity (Wildman–Crippen MR) is 61.2 cm³/mol. The number of halogens is 4. The summed E-state index contributed by atoms with van der Waals surface area (Å²) in [5, 5.41) is 0. The molecule has 0 atom stereocenters. The van der Waals surface area contributed by atoms with Gasteiger partial charge in [-0.15, -0.1) is 0 Å². The van der Waals surface area contributed by atoms with Gasteiger partial charge in [-0.1, -0.05) is 0 Å². The van der Waals surface area contributed by atoms with Crippen LogP contribution in [0.3, 0.4) is 0 Å². The first-order chi connectivity index (χ1) is 6.07. The van der Waals surface area contributed by atoms with Crippen LogP contribution in [0.15, 0.2) is 6.20 Å². The zero-order valence-corrected chi connectivity index (χ0v) is 10.8. The molecule has 0 aliphatic rings. The second-order valence-corrected chi connectivity index (χ2v) is 4.33. The number of rotatable bonds is 2. The van der Waals surface area contributed by atoms with Crippen molar-refractivity contribution < 1.29 is 13.5 Å². The molecular weight excluding hydrogens is 406 g/mol. The van der Waals surface area contributed by atoms with Gasteiger partial charge >= 0.3 is 0 Å². The summed E-state index contributed by atoms with van der Waals surface area (Å²) in [6.45, 7) is 0. The van der Waals surface area contributed by atoms with Crippen molar-refractivity contribution in [2.45, 2.75) is 6.43 Å². The molecule has 13 heavy (non-hydrogen) atoms. The lowest BCUT2D eigenvalue weighted by atomic mass is 10.2. The number of nitrogens with zero attached hydrogens (tertiary/aromatic N) is 1. The van der Waals surface area contributed by atoms with Crippen molar-refractivity contribution in [3.05, 3.63) is 19.0 Å². The van der Waals surface area contributed by atoms with Gasteiger partial charge in [-0.25, -0.2) is 13.8 Å². The first kappa shape index (κ1) is 11.3. The van der Waals surface area contributed by atoms with E-state index in [-0.39, 0.29) is 11.3 Å². The summed E-state index contributed by atoms with van der Waals surface area (Å²) >= 11 is 3.68. The summed E-state index contributed by atoms with van der Waals surface area (Å²) in [6.07, 6.45) is -1.12. The average Bonchev–Trinajstić information content (AvgIpc) is 2.07. The van der Waals surface area contributed by atoms with Crippen LogP contribution in [0.5, 0.6) is 5.75 Å². The number of pyridine rings is 1. The molecule has 0 aromatic carbocycles. The van der Waals surface area contributed by atoms with Gasteiger partial charge in [0.05, 0.1) is 12.7 Å². The number of hydrogen-bond acceptors (Lipinski definition) is 2. The number of hydrogen-bond donors (Lipinski definition) is 0. The maximum atomic E-state index is 12.5. The third-order valence-corrected chi connectivity index (χ3v) is 3.03. The van der Waals surface area contributed by atoms with E-state index < -0.39 is 6.43 Å². The Labute approximate surface area is 101 Å².